The van der Waals surface area contributed by atoms with Crippen LogP contribution in [0.15, 0.2) is 48.5 Å². The van der Waals surface area contributed by atoms with Crippen molar-refractivity contribution in [2.24, 2.45) is 0 Å². The van der Waals surface area contributed by atoms with E-state index in [1.807, 2.05) is 74.2 Å². The molecule has 2 aromatic rings. The van der Waals surface area contributed by atoms with Crippen LogP contribution in [0.25, 0.3) is 0 Å². The summed E-state index contributed by atoms with van der Waals surface area (Å²) in [5, 5.41) is 0. The third-order valence-electron chi connectivity index (χ3n) is 3.56. The number of hydrogen-bond acceptors (Lipinski definition) is 2. The molecule has 0 atom stereocenters. The minimum atomic E-state index is 0.0607. The molecule has 2 rings (SSSR count). The van der Waals surface area contributed by atoms with E-state index in [1.165, 1.54) is 0 Å². The van der Waals surface area contributed by atoms with Gasteiger partial charge in [-0.05, 0) is 50.1 Å². The highest BCUT2D eigenvalue weighted by molar-refractivity contribution is 5.95. The standard InChI is InChI=1S/C18H22N2O/c1-13(2)20(12-15-8-6-9-16(19)11-15)18(21)17-10-5-4-7-14(17)3/h4-11,13H,12,19H2,1-3H3. The topological polar surface area (TPSA) is 46.3 Å². The molecule has 0 aliphatic carbocycles. The lowest BCUT2D eigenvalue weighted by Gasteiger charge is -2.27. The Morgan fingerprint density at radius 2 is 1.86 bits per heavy atom. The van der Waals surface area contributed by atoms with Crippen molar-refractivity contribution >= 4 is 11.6 Å². The molecule has 0 radical (unpaired) electrons. The van der Waals surface area contributed by atoms with Crippen molar-refractivity contribution in [1.82, 2.24) is 4.90 Å². The lowest BCUT2D eigenvalue weighted by atomic mass is 10.1. The van der Waals surface area contributed by atoms with Gasteiger partial charge in [0, 0.05) is 23.8 Å². The first kappa shape index (κ1) is 15.1. The number of benzene rings is 2. The molecule has 3 nitrogen and oxygen atoms in total. The second-order valence-corrected chi connectivity index (χ2v) is 5.59. The second-order valence-electron chi connectivity index (χ2n) is 5.59. The van der Waals surface area contributed by atoms with Gasteiger partial charge in [-0.2, -0.15) is 0 Å². The van der Waals surface area contributed by atoms with Crippen LogP contribution >= 0.6 is 0 Å². The Bertz CT molecular complexity index is 635. The largest absolute Gasteiger partial charge is 0.399 e. The number of nitrogen functional groups attached to an aromatic ring is 1. The van der Waals surface area contributed by atoms with Crippen molar-refractivity contribution < 1.29 is 4.79 Å². The fraction of sp³-hybridized carbons (Fsp3) is 0.278. The van der Waals surface area contributed by atoms with Crippen LogP contribution in [0, 0.1) is 6.92 Å². The predicted octanol–water partition coefficient (Wildman–Crippen LogP) is 3.63. The molecule has 2 N–H and O–H groups in total. The molecule has 1 amide bonds. The number of hydrogen-bond donors (Lipinski definition) is 1. The maximum atomic E-state index is 12.8. The number of carbonyl (C=O) groups excluding carboxylic acids is 1. The van der Waals surface area contributed by atoms with Crippen LogP contribution in [0.2, 0.25) is 0 Å². The van der Waals surface area contributed by atoms with Gasteiger partial charge in [0.1, 0.15) is 0 Å². The zero-order chi connectivity index (χ0) is 15.4. The van der Waals surface area contributed by atoms with Gasteiger partial charge in [-0.25, -0.2) is 0 Å². The Morgan fingerprint density at radius 3 is 2.48 bits per heavy atom. The highest BCUT2D eigenvalue weighted by atomic mass is 16.2. The maximum Gasteiger partial charge on any atom is 0.254 e. The molecule has 0 saturated heterocycles. The lowest BCUT2D eigenvalue weighted by molar-refractivity contribution is 0.0689. The molecule has 110 valence electrons. The van der Waals surface area contributed by atoms with Gasteiger partial charge in [-0.15, -0.1) is 0 Å². The molecule has 21 heavy (non-hydrogen) atoms. The van der Waals surface area contributed by atoms with Gasteiger partial charge in [0.2, 0.25) is 0 Å². The van der Waals surface area contributed by atoms with Gasteiger partial charge >= 0.3 is 0 Å². The van der Waals surface area contributed by atoms with Gasteiger partial charge in [-0.3, -0.25) is 4.79 Å². The third kappa shape index (κ3) is 3.63. The molecule has 2 aromatic carbocycles. The van der Waals surface area contributed by atoms with E-state index in [1.54, 1.807) is 0 Å². The summed E-state index contributed by atoms with van der Waals surface area (Å²) in [6, 6.07) is 15.5. The van der Waals surface area contributed by atoms with Crippen molar-refractivity contribution in [3.05, 3.63) is 65.2 Å². The first-order valence-electron chi connectivity index (χ1n) is 7.20. The van der Waals surface area contributed by atoms with Gasteiger partial charge in [0.05, 0.1) is 0 Å². The fourth-order valence-electron chi connectivity index (χ4n) is 2.34. The van der Waals surface area contributed by atoms with Gasteiger partial charge < -0.3 is 10.6 Å². The highest BCUT2D eigenvalue weighted by Crippen LogP contribution is 2.17. The average Bonchev–Trinajstić information content (AvgIpc) is 2.44. The number of amides is 1. The minimum absolute atomic E-state index is 0.0607. The Balaban J connectivity index is 2.27. The minimum Gasteiger partial charge on any atom is -0.399 e. The molecule has 0 aliphatic heterocycles. The number of nitrogens with two attached hydrogens (primary N) is 1. The lowest BCUT2D eigenvalue weighted by Crippen LogP contribution is -2.36. The van der Waals surface area contributed by atoms with Crippen LogP contribution in [0.4, 0.5) is 5.69 Å². The molecule has 0 spiro atoms. The van der Waals surface area contributed by atoms with E-state index in [9.17, 15) is 4.79 Å². The van der Waals surface area contributed by atoms with Crippen LogP contribution in [0.3, 0.4) is 0 Å². The van der Waals surface area contributed by atoms with E-state index >= 15 is 0 Å². The van der Waals surface area contributed by atoms with E-state index < -0.39 is 0 Å². The smallest absolute Gasteiger partial charge is 0.254 e. The summed E-state index contributed by atoms with van der Waals surface area (Å²) in [5.74, 6) is 0.0607. The first-order chi connectivity index (χ1) is 9.99. The van der Waals surface area contributed by atoms with Crippen molar-refractivity contribution in [2.75, 3.05) is 5.73 Å². The quantitative estimate of drug-likeness (QED) is 0.870. The summed E-state index contributed by atoms with van der Waals surface area (Å²) < 4.78 is 0. The summed E-state index contributed by atoms with van der Waals surface area (Å²) >= 11 is 0. The second kappa shape index (κ2) is 6.44. The first-order valence-corrected chi connectivity index (χ1v) is 7.20. The summed E-state index contributed by atoms with van der Waals surface area (Å²) in [4.78, 5) is 14.7. The monoisotopic (exact) mass is 282 g/mol. The molecule has 0 aromatic heterocycles. The molecular weight excluding hydrogens is 260 g/mol. The van der Waals surface area contributed by atoms with E-state index in [2.05, 4.69) is 0 Å². The Hall–Kier alpha value is -2.29. The van der Waals surface area contributed by atoms with Gasteiger partial charge in [0.15, 0.2) is 0 Å². The number of nitrogens with zero attached hydrogens (tertiary/aromatic N) is 1. The van der Waals surface area contributed by atoms with E-state index in [0.717, 1.165) is 22.4 Å². The van der Waals surface area contributed by atoms with Crippen LogP contribution < -0.4 is 5.73 Å². The van der Waals surface area contributed by atoms with Gasteiger partial charge in [0.25, 0.3) is 5.91 Å². The summed E-state index contributed by atoms with van der Waals surface area (Å²) in [7, 11) is 0. The van der Waals surface area contributed by atoms with Crippen molar-refractivity contribution in [3.63, 3.8) is 0 Å². The summed E-state index contributed by atoms with van der Waals surface area (Å²) in [6.45, 7) is 6.59. The van der Waals surface area contributed by atoms with Crippen LogP contribution in [0.5, 0.6) is 0 Å². The molecule has 0 heterocycles. The highest BCUT2D eigenvalue weighted by Gasteiger charge is 2.20. The van der Waals surface area contributed by atoms with Crippen LogP contribution in [0.1, 0.15) is 35.3 Å². The van der Waals surface area contributed by atoms with Crippen LogP contribution in [-0.4, -0.2) is 16.8 Å². The molecule has 0 aliphatic rings. The van der Waals surface area contributed by atoms with Gasteiger partial charge in [-0.1, -0.05) is 30.3 Å². The Kier molecular flexibility index (Phi) is 4.63. The normalized spacial score (nSPS) is 10.7. The summed E-state index contributed by atoms with van der Waals surface area (Å²) in [5.41, 5.74) is 9.35. The number of aryl methyl sites for hydroxylation is 1. The van der Waals surface area contributed by atoms with E-state index in [-0.39, 0.29) is 11.9 Å². The molecule has 0 bridgehead atoms. The molecule has 0 unspecified atom stereocenters. The maximum absolute atomic E-state index is 12.8. The van der Waals surface area contributed by atoms with Crippen molar-refractivity contribution in [3.8, 4) is 0 Å². The van der Waals surface area contributed by atoms with Crippen molar-refractivity contribution in [1.29, 1.82) is 0 Å². The SMILES string of the molecule is Cc1ccccc1C(=O)N(Cc1cccc(N)c1)C(C)C. The number of rotatable bonds is 4. The zero-order valence-corrected chi connectivity index (χ0v) is 12.8. The molecule has 0 fully saturated rings. The third-order valence-corrected chi connectivity index (χ3v) is 3.56. The van der Waals surface area contributed by atoms with Crippen LogP contribution in [-0.2, 0) is 6.54 Å². The van der Waals surface area contributed by atoms with E-state index in [4.69, 9.17) is 5.73 Å². The average molecular weight is 282 g/mol. The summed E-state index contributed by atoms with van der Waals surface area (Å²) in [6.07, 6.45) is 0. The predicted molar refractivity (Wildman–Crippen MR) is 87.0 cm³/mol. The molecule has 3 heteroatoms. The number of anilines is 1. The Labute approximate surface area is 126 Å². The Morgan fingerprint density at radius 1 is 1.14 bits per heavy atom. The number of carbonyl (C=O) groups is 1. The molecular formula is C18H22N2O. The zero-order valence-electron chi connectivity index (χ0n) is 12.8. The molecule has 0 saturated carbocycles. The van der Waals surface area contributed by atoms with E-state index in [0.29, 0.717) is 6.54 Å². The fourth-order valence-corrected chi connectivity index (χ4v) is 2.34. The van der Waals surface area contributed by atoms with Crippen molar-refractivity contribution in [2.45, 2.75) is 33.4 Å².